The largest absolute Gasteiger partial charge is 0.497 e. The Labute approximate surface area is 237 Å². The molecule has 0 fully saturated rings. The van der Waals surface area contributed by atoms with E-state index in [9.17, 15) is 18.8 Å². The monoisotopic (exact) mass is 611 g/mol. The van der Waals surface area contributed by atoms with Gasteiger partial charge >= 0.3 is 5.69 Å². The van der Waals surface area contributed by atoms with Gasteiger partial charge < -0.3 is 9.64 Å². The van der Waals surface area contributed by atoms with Crippen LogP contribution in [0.5, 0.6) is 5.75 Å². The molecule has 0 saturated carbocycles. The van der Waals surface area contributed by atoms with Crippen molar-refractivity contribution in [1.29, 1.82) is 0 Å². The Morgan fingerprint density at radius 1 is 1.05 bits per heavy atom. The van der Waals surface area contributed by atoms with Crippen LogP contribution in [0.25, 0.3) is 5.69 Å². The van der Waals surface area contributed by atoms with Crippen LogP contribution in [0.2, 0.25) is 5.02 Å². The molecule has 7 nitrogen and oxygen atoms in total. The van der Waals surface area contributed by atoms with Crippen LogP contribution >= 0.6 is 27.5 Å². The third-order valence-electron chi connectivity index (χ3n) is 6.76. The van der Waals surface area contributed by atoms with Gasteiger partial charge in [0.05, 0.1) is 30.1 Å². The lowest BCUT2D eigenvalue weighted by atomic mass is 10.0. The molecule has 10 heteroatoms. The van der Waals surface area contributed by atoms with Gasteiger partial charge in [0.25, 0.3) is 5.91 Å². The lowest BCUT2D eigenvalue weighted by molar-refractivity contribution is 0.0707. The number of amides is 1. The number of Topliss-reactive ketones (excluding diaryl/α,β-unsaturated/α-hetero) is 1. The number of benzene rings is 3. The van der Waals surface area contributed by atoms with Crippen molar-refractivity contribution in [3.05, 3.63) is 115 Å². The van der Waals surface area contributed by atoms with E-state index >= 15 is 0 Å². The van der Waals surface area contributed by atoms with Crippen molar-refractivity contribution < 1.29 is 18.7 Å². The highest BCUT2D eigenvalue weighted by Gasteiger charge is 2.32. The first-order valence-corrected chi connectivity index (χ1v) is 13.4. The summed E-state index contributed by atoms with van der Waals surface area (Å²) in [4.78, 5) is 42.3. The molecular formula is C29H24BrClFN3O4. The van der Waals surface area contributed by atoms with Crippen LogP contribution in [0.4, 0.5) is 4.39 Å². The number of rotatable bonds is 7. The zero-order valence-electron chi connectivity index (χ0n) is 21.0. The summed E-state index contributed by atoms with van der Waals surface area (Å²) in [5.74, 6) is -0.293. The number of carbonyl (C=O) groups excluding carboxylic acids is 2. The first-order valence-electron chi connectivity index (χ1n) is 12.3. The topological polar surface area (TPSA) is 73.5 Å². The van der Waals surface area contributed by atoms with E-state index in [4.69, 9.17) is 16.3 Å². The summed E-state index contributed by atoms with van der Waals surface area (Å²) >= 11 is 9.54. The average molecular weight is 613 g/mol. The number of halogens is 3. The third kappa shape index (κ3) is 5.42. The molecule has 2 heterocycles. The average Bonchev–Trinajstić information content (AvgIpc) is 3.24. The molecule has 39 heavy (non-hydrogen) atoms. The molecule has 0 radical (unpaired) electrons. The van der Waals surface area contributed by atoms with Gasteiger partial charge in [-0.25, -0.2) is 9.18 Å². The predicted molar refractivity (Wildman–Crippen MR) is 150 cm³/mol. The maximum atomic E-state index is 13.7. The van der Waals surface area contributed by atoms with Crippen LogP contribution in [0.1, 0.15) is 38.5 Å². The molecule has 3 aromatic carbocycles. The molecule has 0 spiro atoms. The van der Waals surface area contributed by atoms with Crippen LogP contribution < -0.4 is 10.4 Å². The molecule has 200 valence electrons. The number of aromatic nitrogens is 2. The number of hydrogen-bond donors (Lipinski definition) is 0. The maximum Gasteiger partial charge on any atom is 0.333 e. The minimum atomic E-state index is -0.376. The van der Waals surface area contributed by atoms with Gasteiger partial charge in [0.1, 0.15) is 17.3 Å². The number of nitrogens with zero attached hydrogens (tertiary/aromatic N) is 3. The van der Waals surface area contributed by atoms with Crippen molar-refractivity contribution in [2.24, 2.45) is 0 Å². The lowest BCUT2D eigenvalue weighted by Crippen LogP contribution is -2.41. The Kier molecular flexibility index (Phi) is 7.72. The van der Waals surface area contributed by atoms with Gasteiger partial charge in [0.15, 0.2) is 5.78 Å². The second-order valence-corrected chi connectivity index (χ2v) is 10.4. The zero-order chi connectivity index (χ0) is 27.7. The summed E-state index contributed by atoms with van der Waals surface area (Å²) in [6, 6.07) is 17.9. The highest BCUT2D eigenvalue weighted by molar-refractivity contribution is 9.10. The number of fused-ring (bicyclic) bond motifs is 1. The Hall–Kier alpha value is -3.69. The Balaban J connectivity index is 1.53. The fourth-order valence-corrected chi connectivity index (χ4v) is 5.20. The second-order valence-electron chi connectivity index (χ2n) is 9.17. The molecule has 1 aliphatic rings. The summed E-state index contributed by atoms with van der Waals surface area (Å²) in [6.45, 7) is 0.604. The number of imidazole rings is 1. The molecule has 0 atom stereocenters. The molecule has 0 N–H and O–H groups in total. The second kappa shape index (κ2) is 11.2. The molecule has 0 unspecified atom stereocenters. The fourth-order valence-electron chi connectivity index (χ4n) is 4.77. The molecule has 5 rings (SSSR count). The standard InChI is InChI=1S/C29H24BrClFN3O4/c1-39-22-9-7-21(8-10-22)35-27(26(36)12-5-18-3-2-4-20(32)15-18)25-17-33(13-14-34(25)29(35)38)28(37)19-6-11-23(30)24(31)16-19/h2-4,6-11,15-16H,5,12-14,17H2,1H3. The highest BCUT2D eigenvalue weighted by Crippen LogP contribution is 2.27. The summed E-state index contributed by atoms with van der Waals surface area (Å²) in [5, 5.41) is 0.411. The van der Waals surface area contributed by atoms with Crippen molar-refractivity contribution in [3.8, 4) is 11.4 Å². The minimum absolute atomic E-state index is 0.0618. The van der Waals surface area contributed by atoms with E-state index in [2.05, 4.69) is 15.9 Å². The van der Waals surface area contributed by atoms with Crippen LogP contribution in [0.15, 0.2) is 76.0 Å². The molecule has 1 aliphatic heterocycles. The Bertz CT molecular complexity index is 1630. The summed E-state index contributed by atoms with van der Waals surface area (Å²) in [7, 11) is 1.55. The molecule has 1 amide bonds. The van der Waals surface area contributed by atoms with Gasteiger partial charge in [-0.2, -0.15) is 0 Å². The Morgan fingerprint density at radius 3 is 2.51 bits per heavy atom. The van der Waals surface area contributed by atoms with Gasteiger partial charge in [-0.05, 0) is 82.5 Å². The number of aryl methyl sites for hydroxylation is 1. The zero-order valence-corrected chi connectivity index (χ0v) is 23.3. The van der Waals surface area contributed by atoms with Crippen LogP contribution in [0, 0.1) is 5.82 Å². The quantitative estimate of drug-likeness (QED) is 0.252. The van der Waals surface area contributed by atoms with Crippen LogP contribution in [-0.2, 0) is 19.5 Å². The van der Waals surface area contributed by atoms with Gasteiger partial charge in [-0.3, -0.25) is 18.7 Å². The van der Waals surface area contributed by atoms with Crippen molar-refractivity contribution in [3.63, 3.8) is 0 Å². The lowest BCUT2D eigenvalue weighted by Gasteiger charge is -2.28. The van der Waals surface area contributed by atoms with Gasteiger partial charge in [-0.1, -0.05) is 23.7 Å². The van der Waals surface area contributed by atoms with Gasteiger partial charge in [-0.15, -0.1) is 0 Å². The normalized spacial score (nSPS) is 12.8. The van der Waals surface area contributed by atoms with E-state index in [0.717, 1.165) is 0 Å². The van der Waals surface area contributed by atoms with Crippen molar-refractivity contribution in [2.75, 3.05) is 13.7 Å². The number of hydrogen-bond acceptors (Lipinski definition) is 4. The summed E-state index contributed by atoms with van der Waals surface area (Å²) in [6.07, 6.45) is 0.365. The van der Waals surface area contributed by atoms with E-state index in [0.29, 0.717) is 50.7 Å². The predicted octanol–water partition coefficient (Wildman–Crippen LogP) is 5.67. The maximum absolute atomic E-state index is 13.7. The first-order chi connectivity index (χ1) is 18.8. The summed E-state index contributed by atoms with van der Waals surface area (Å²) < 4.78 is 22.6. The molecular weight excluding hydrogens is 589 g/mol. The highest BCUT2D eigenvalue weighted by atomic mass is 79.9. The van der Waals surface area contributed by atoms with E-state index in [1.807, 2.05) is 0 Å². The van der Waals surface area contributed by atoms with Crippen LogP contribution in [0.3, 0.4) is 0 Å². The van der Waals surface area contributed by atoms with Gasteiger partial charge in [0, 0.05) is 29.5 Å². The number of methoxy groups -OCH3 is 1. The van der Waals surface area contributed by atoms with Crippen molar-refractivity contribution >= 4 is 39.2 Å². The SMILES string of the molecule is COc1ccc(-n2c(C(=O)CCc3cccc(F)c3)c3n(c2=O)CCN(C(=O)c2ccc(Br)c(Cl)c2)C3)cc1. The Morgan fingerprint density at radius 2 is 1.82 bits per heavy atom. The van der Waals surface area contributed by atoms with E-state index in [1.54, 1.807) is 71.2 Å². The van der Waals surface area contributed by atoms with E-state index in [1.165, 1.54) is 16.7 Å². The van der Waals surface area contributed by atoms with E-state index in [-0.39, 0.29) is 48.4 Å². The molecule has 1 aromatic heterocycles. The molecule has 0 aliphatic carbocycles. The number of carbonyl (C=O) groups is 2. The van der Waals surface area contributed by atoms with Gasteiger partial charge in [0.2, 0.25) is 0 Å². The van der Waals surface area contributed by atoms with E-state index < -0.39 is 0 Å². The smallest absolute Gasteiger partial charge is 0.333 e. The third-order valence-corrected chi connectivity index (χ3v) is 7.99. The first kappa shape index (κ1) is 26.9. The van der Waals surface area contributed by atoms with Crippen LogP contribution in [-0.4, -0.2) is 39.4 Å². The van der Waals surface area contributed by atoms with Crippen molar-refractivity contribution in [2.45, 2.75) is 25.9 Å². The van der Waals surface area contributed by atoms with Crippen molar-refractivity contribution in [1.82, 2.24) is 14.0 Å². The minimum Gasteiger partial charge on any atom is -0.497 e. The number of ketones is 1. The fraction of sp³-hybridized carbons (Fsp3) is 0.207. The molecule has 0 saturated heterocycles. The molecule has 0 bridgehead atoms. The molecule has 4 aromatic rings. The summed E-state index contributed by atoms with van der Waals surface area (Å²) in [5.41, 5.74) is 1.92. The number of ether oxygens (including phenoxy) is 1.